The van der Waals surface area contributed by atoms with Crippen molar-refractivity contribution in [3.63, 3.8) is 0 Å². The number of ether oxygens (including phenoxy) is 2. The number of fused-ring (bicyclic) bond motifs is 1. The maximum atomic E-state index is 13.7. The zero-order valence-electron chi connectivity index (χ0n) is 19.8. The predicted octanol–water partition coefficient (Wildman–Crippen LogP) is 7.09. The van der Waals surface area contributed by atoms with Gasteiger partial charge in [0.2, 0.25) is 5.13 Å². The van der Waals surface area contributed by atoms with Gasteiger partial charge in [0.25, 0.3) is 5.91 Å². The van der Waals surface area contributed by atoms with E-state index in [0.29, 0.717) is 22.2 Å². The molecule has 1 heterocycles. The maximum Gasteiger partial charge on any atom is 0.280 e. The van der Waals surface area contributed by atoms with Gasteiger partial charge in [-0.1, -0.05) is 65.4 Å². The third-order valence-electron chi connectivity index (χ3n) is 5.42. The molecule has 4 aromatic carbocycles. The number of carbonyl (C=O) groups is 1. The van der Waals surface area contributed by atoms with E-state index in [9.17, 15) is 4.79 Å². The van der Waals surface area contributed by atoms with Crippen LogP contribution >= 0.6 is 11.3 Å². The molecular formula is C29H23N3O3S. The highest BCUT2D eigenvalue weighted by Crippen LogP contribution is 2.33. The highest BCUT2D eigenvalue weighted by molar-refractivity contribution is 7.22. The molecule has 0 saturated heterocycles. The molecule has 5 aromatic rings. The zero-order chi connectivity index (χ0) is 24.9. The molecule has 0 aliphatic heterocycles. The second kappa shape index (κ2) is 10.4. The van der Waals surface area contributed by atoms with Crippen molar-refractivity contribution in [3.05, 3.63) is 114 Å². The maximum absolute atomic E-state index is 13.7. The number of para-hydroxylation sites is 1. The van der Waals surface area contributed by atoms with Gasteiger partial charge in [0.1, 0.15) is 17.2 Å². The number of hydrogen-bond donors (Lipinski definition) is 0. The van der Waals surface area contributed by atoms with Crippen LogP contribution in [0.3, 0.4) is 0 Å². The van der Waals surface area contributed by atoms with Crippen LogP contribution in [0, 0.1) is 6.92 Å². The molecule has 1 aromatic heterocycles. The largest absolute Gasteiger partial charge is 0.497 e. The van der Waals surface area contributed by atoms with Gasteiger partial charge in [-0.05, 0) is 61.0 Å². The third-order valence-corrected chi connectivity index (χ3v) is 6.41. The van der Waals surface area contributed by atoms with Gasteiger partial charge >= 0.3 is 0 Å². The fourth-order valence-corrected chi connectivity index (χ4v) is 4.47. The molecule has 36 heavy (non-hydrogen) atoms. The molecule has 0 spiro atoms. The van der Waals surface area contributed by atoms with Crippen molar-refractivity contribution in [2.75, 3.05) is 12.1 Å². The number of thiazole rings is 1. The summed E-state index contributed by atoms with van der Waals surface area (Å²) in [5.41, 5.74) is 3.22. The van der Waals surface area contributed by atoms with Crippen LogP contribution in [-0.2, 0) is 0 Å². The molecular weight excluding hydrogens is 470 g/mol. The van der Waals surface area contributed by atoms with E-state index in [-0.39, 0.29) is 5.91 Å². The Labute approximate surface area is 213 Å². The lowest BCUT2D eigenvalue weighted by atomic mass is 10.2. The van der Waals surface area contributed by atoms with Crippen LogP contribution in [0.25, 0.3) is 10.2 Å². The number of amides is 1. The fourth-order valence-electron chi connectivity index (χ4n) is 3.52. The molecule has 7 heteroatoms. The summed E-state index contributed by atoms with van der Waals surface area (Å²) >= 11 is 1.37. The van der Waals surface area contributed by atoms with Crippen LogP contribution in [0.1, 0.15) is 21.5 Å². The highest BCUT2D eigenvalue weighted by atomic mass is 32.1. The summed E-state index contributed by atoms with van der Waals surface area (Å²) < 4.78 is 12.2. The molecule has 0 fully saturated rings. The molecule has 0 radical (unpaired) electrons. The SMILES string of the molecule is COc1ccc2nc(N(/N=C/c3ccc(C)cc3)C(=O)c3cccc(Oc4ccccc4)c3)sc2c1. The molecule has 5 rings (SSSR count). The Morgan fingerprint density at radius 2 is 1.67 bits per heavy atom. The van der Waals surface area contributed by atoms with Crippen LogP contribution in [0.4, 0.5) is 5.13 Å². The molecule has 178 valence electrons. The minimum absolute atomic E-state index is 0.317. The Morgan fingerprint density at radius 3 is 2.44 bits per heavy atom. The van der Waals surface area contributed by atoms with Gasteiger partial charge in [-0.15, -0.1) is 0 Å². The average Bonchev–Trinajstić information content (AvgIpc) is 3.33. The van der Waals surface area contributed by atoms with Crippen LogP contribution in [0.2, 0.25) is 0 Å². The second-order valence-electron chi connectivity index (χ2n) is 8.05. The molecule has 0 atom stereocenters. The van der Waals surface area contributed by atoms with Crippen molar-refractivity contribution in [1.82, 2.24) is 4.98 Å². The van der Waals surface area contributed by atoms with E-state index >= 15 is 0 Å². The number of rotatable bonds is 7. The molecule has 0 unspecified atom stereocenters. The fraction of sp³-hybridized carbons (Fsp3) is 0.0690. The molecule has 0 bridgehead atoms. The summed E-state index contributed by atoms with van der Waals surface area (Å²) in [6.07, 6.45) is 1.66. The number of anilines is 1. The van der Waals surface area contributed by atoms with Gasteiger partial charge in [-0.3, -0.25) is 4.79 Å². The smallest absolute Gasteiger partial charge is 0.280 e. The van der Waals surface area contributed by atoms with Crippen molar-refractivity contribution in [3.8, 4) is 17.2 Å². The van der Waals surface area contributed by atoms with Gasteiger partial charge in [-0.25, -0.2) is 4.98 Å². The Bertz CT molecular complexity index is 1530. The van der Waals surface area contributed by atoms with Crippen molar-refractivity contribution >= 4 is 38.8 Å². The number of aromatic nitrogens is 1. The number of nitrogens with zero attached hydrogens (tertiary/aromatic N) is 3. The Morgan fingerprint density at radius 1 is 0.889 bits per heavy atom. The summed E-state index contributed by atoms with van der Waals surface area (Å²) in [5, 5.41) is 6.35. The topological polar surface area (TPSA) is 64.0 Å². The molecule has 0 aliphatic carbocycles. The van der Waals surface area contributed by atoms with Crippen molar-refractivity contribution < 1.29 is 14.3 Å². The zero-order valence-corrected chi connectivity index (χ0v) is 20.6. The summed E-state index contributed by atoms with van der Waals surface area (Å²) in [5.74, 6) is 1.66. The van der Waals surface area contributed by atoms with E-state index in [0.717, 1.165) is 27.1 Å². The van der Waals surface area contributed by atoms with Crippen LogP contribution in [0.15, 0.2) is 102 Å². The van der Waals surface area contributed by atoms with E-state index in [1.165, 1.54) is 16.3 Å². The van der Waals surface area contributed by atoms with E-state index in [1.54, 1.807) is 31.5 Å². The standard InChI is InChI=1S/C29H23N3O3S/c1-20-11-13-21(14-12-20)19-30-32(29-31-26-16-15-24(34-2)18-27(26)36-29)28(33)22-7-6-10-25(17-22)35-23-8-4-3-5-9-23/h3-19H,1-2H3/b30-19+. The number of benzene rings is 4. The molecule has 6 nitrogen and oxygen atoms in total. The Hall–Kier alpha value is -4.49. The van der Waals surface area contributed by atoms with Crippen molar-refractivity contribution in [1.29, 1.82) is 0 Å². The first kappa shape index (κ1) is 23.3. The molecule has 0 N–H and O–H groups in total. The summed E-state index contributed by atoms with van der Waals surface area (Å²) in [7, 11) is 1.62. The van der Waals surface area contributed by atoms with Crippen LogP contribution < -0.4 is 14.5 Å². The minimum Gasteiger partial charge on any atom is -0.497 e. The quantitative estimate of drug-likeness (QED) is 0.179. The highest BCUT2D eigenvalue weighted by Gasteiger charge is 2.22. The lowest BCUT2D eigenvalue weighted by Crippen LogP contribution is -2.25. The predicted molar refractivity (Wildman–Crippen MR) is 145 cm³/mol. The summed E-state index contributed by atoms with van der Waals surface area (Å²) in [6, 6.07) is 30.0. The third kappa shape index (κ3) is 5.26. The first-order valence-electron chi connectivity index (χ1n) is 11.3. The number of carbonyl (C=O) groups excluding carboxylic acids is 1. The molecule has 0 aliphatic rings. The summed E-state index contributed by atoms with van der Waals surface area (Å²) in [6.45, 7) is 2.02. The lowest BCUT2D eigenvalue weighted by Gasteiger charge is -2.14. The van der Waals surface area contributed by atoms with Gasteiger partial charge in [0.15, 0.2) is 0 Å². The Kier molecular flexibility index (Phi) is 6.73. The monoisotopic (exact) mass is 493 g/mol. The van der Waals surface area contributed by atoms with Crippen LogP contribution in [-0.4, -0.2) is 24.2 Å². The van der Waals surface area contributed by atoms with Crippen molar-refractivity contribution in [2.45, 2.75) is 6.92 Å². The van der Waals surface area contributed by atoms with E-state index < -0.39 is 0 Å². The molecule has 1 amide bonds. The number of hydrogen-bond acceptors (Lipinski definition) is 6. The first-order chi connectivity index (χ1) is 17.6. The lowest BCUT2D eigenvalue weighted by molar-refractivity contribution is 0.0987. The van der Waals surface area contributed by atoms with Crippen molar-refractivity contribution in [2.24, 2.45) is 5.10 Å². The number of hydrazone groups is 1. The normalized spacial score (nSPS) is 11.1. The number of methoxy groups -OCH3 is 1. The van der Waals surface area contributed by atoms with E-state index in [1.807, 2.05) is 85.8 Å². The first-order valence-corrected chi connectivity index (χ1v) is 12.1. The minimum atomic E-state index is -0.317. The van der Waals surface area contributed by atoms with Gasteiger partial charge < -0.3 is 9.47 Å². The molecule has 0 saturated carbocycles. The summed E-state index contributed by atoms with van der Waals surface area (Å²) in [4.78, 5) is 18.4. The van der Waals surface area contributed by atoms with E-state index in [4.69, 9.17) is 9.47 Å². The average molecular weight is 494 g/mol. The van der Waals surface area contributed by atoms with Gasteiger partial charge in [0, 0.05) is 5.56 Å². The van der Waals surface area contributed by atoms with Crippen LogP contribution in [0.5, 0.6) is 17.2 Å². The van der Waals surface area contributed by atoms with Gasteiger partial charge in [-0.2, -0.15) is 10.1 Å². The Balaban J connectivity index is 1.51. The van der Waals surface area contributed by atoms with Gasteiger partial charge in [0.05, 0.1) is 23.5 Å². The second-order valence-corrected chi connectivity index (χ2v) is 9.05. The van der Waals surface area contributed by atoms with E-state index in [2.05, 4.69) is 10.1 Å². The number of aryl methyl sites for hydroxylation is 1.